The van der Waals surface area contributed by atoms with Crippen LogP contribution in [0.4, 0.5) is 0 Å². The van der Waals surface area contributed by atoms with Gasteiger partial charge >= 0.3 is 0 Å². The molecule has 1 amide bonds. The van der Waals surface area contributed by atoms with E-state index in [4.69, 9.17) is 9.47 Å². The predicted octanol–water partition coefficient (Wildman–Crippen LogP) is 12.0. The van der Waals surface area contributed by atoms with Crippen molar-refractivity contribution in [3.05, 3.63) is 12.2 Å². The minimum absolute atomic E-state index is 0.264. The highest BCUT2D eigenvalue weighted by molar-refractivity contribution is 5.80. The van der Waals surface area contributed by atoms with Gasteiger partial charge in [-0.3, -0.25) is 4.79 Å². The van der Waals surface area contributed by atoms with E-state index in [9.17, 15) is 40.5 Å². The van der Waals surface area contributed by atoms with Gasteiger partial charge in [0.25, 0.3) is 0 Å². The minimum Gasteiger partial charge on any atom is -0.394 e. The molecular weight excluding hydrogens is 859 g/mol. The number of carbonyl (C=O) groups is 1. The Labute approximate surface area is 417 Å². The van der Waals surface area contributed by atoms with Crippen LogP contribution in [0.25, 0.3) is 0 Å². The van der Waals surface area contributed by atoms with Crippen molar-refractivity contribution in [3.8, 4) is 0 Å². The van der Waals surface area contributed by atoms with Gasteiger partial charge in [-0.1, -0.05) is 251 Å². The van der Waals surface area contributed by atoms with E-state index in [-0.39, 0.29) is 6.42 Å². The standard InChI is InChI=1S/C57H111NO10/c1-3-5-7-9-11-13-15-16-17-18-19-20-21-22-23-24-25-26-27-28-29-30-31-32-33-35-37-39-41-43-45-50(61)56(66)58-48(47-67-57-55(65)54(64)53(63)51(46-59)68-57)52(62)49(60)44-42-40-38-36-34-14-12-10-8-6-4-2/h22-23,48-55,57,59-65H,3-21,24-47H2,1-2H3,(H,58,66)/b23-22-. The fraction of sp³-hybridized carbons (Fsp3) is 0.947. The van der Waals surface area contributed by atoms with Crippen molar-refractivity contribution in [1.29, 1.82) is 0 Å². The fourth-order valence-corrected chi connectivity index (χ4v) is 9.56. The maximum absolute atomic E-state index is 13.1. The van der Waals surface area contributed by atoms with Gasteiger partial charge in [0.1, 0.15) is 36.6 Å². The lowest BCUT2D eigenvalue weighted by molar-refractivity contribution is -0.303. The van der Waals surface area contributed by atoms with Gasteiger partial charge in [0.05, 0.1) is 25.4 Å². The van der Waals surface area contributed by atoms with Gasteiger partial charge in [-0.05, 0) is 38.5 Å². The molecule has 0 bridgehead atoms. The van der Waals surface area contributed by atoms with Gasteiger partial charge in [0, 0.05) is 0 Å². The van der Waals surface area contributed by atoms with E-state index in [1.54, 1.807) is 0 Å². The van der Waals surface area contributed by atoms with Gasteiger partial charge in [-0.15, -0.1) is 0 Å². The first-order valence-corrected chi connectivity index (χ1v) is 29.1. The van der Waals surface area contributed by atoms with Gasteiger partial charge in [-0.25, -0.2) is 0 Å². The number of aliphatic hydroxyl groups is 7. The van der Waals surface area contributed by atoms with Crippen molar-refractivity contribution in [2.45, 2.75) is 332 Å². The molecule has 1 fully saturated rings. The van der Waals surface area contributed by atoms with Crippen LogP contribution in [0.3, 0.4) is 0 Å². The second kappa shape index (κ2) is 46.9. The first-order valence-electron chi connectivity index (χ1n) is 29.1. The molecule has 0 aromatic carbocycles. The number of rotatable bonds is 50. The summed E-state index contributed by atoms with van der Waals surface area (Å²) in [5.74, 6) is -0.694. The number of carbonyl (C=O) groups excluding carboxylic acids is 1. The zero-order chi connectivity index (χ0) is 49.7. The summed E-state index contributed by atoms with van der Waals surface area (Å²) in [5, 5.41) is 75.9. The highest BCUT2D eigenvalue weighted by Crippen LogP contribution is 2.23. The molecule has 404 valence electrons. The summed E-state index contributed by atoms with van der Waals surface area (Å²) in [6.07, 6.45) is 42.9. The largest absolute Gasteiger partial charge is 0.394 e. The van der Waals surface area contributed by atoms with Crippen molar-refractivity contribution in [3.63, 3.8) is 0 Å². The second-order valence-electron chi connectivity index (χ2n) is 20.7. The molecule has 11 heteroatoms. The number of hydrogen-bond donors (Lipinski definition) is 8. The Morgan fingerprint density at radius 3 is 1.24 bits per heavy atom. The summed E-state index contributed by atoms with van der Waals surface area (Å²) in [6.45, 7) is 3.46. The highest BCUT2D eigenvalue weighted by Gasteiger charge is 2.44. The first-order chi connectivity index (χ1) is 33.2. The summed E-state index contributed by atoms with van der Waals surface area (Å²) in [7, 11) is 0. The summed E-state index contributed by atoms with van der Waals surface area (Å²) in [5.41, 5.74) is 0. The molecule has 1 heterocycles. The second-order valence-corrected chi connectivity index (χ2v) is 20.7. The molecule has 68 heavy (non-hydrogen) atoms. The Bertz CT molecular complexity index is 1110. The molecule has 0 aliphatic carbocycles. The lowest BCUT2D eigenvalue weighted by Gasteiger charge is -2.40. The minimum atomic E-state index is -1.66. The smallest absolute Gasteiger partial charge is 0.249 e. The number of allylic oxidation sites excluding steroid dienone is 2. The average molecular weight is 971 g/mol. The van der Waals surface area contributed by atoms with Crippen molar-refractivity contribution in [1.82, 2.24) is 5.32 Å². The Hall–Kier alpha value is -1.15. The molecule has 8 N–H and O–H groups in total. The first kappa shape index (κ1) is 64.9. The van der Waals surface area contributed by atoms with Crippen LogP contribution in [-0.2, 0) is 14.3 Å². The molecule has 11 nitrogen and oxygen atoms in total. The van der Waals surface area contributed by atoms with Gasteiger partial charge in [-0.2, -0.15) is 0 Å². The van der Waals surface area contributed by atoms with Crippen LogP contribution in [0.1, 0.15) is 277 Å². The third kappa shape index (κ3) is 35.1. The zero-order valence-electron chi connectivity index (χ0n) is 44.1. The Morgan fingerprint density at radius 1 is 0.500 bits per heavy atom. The molecule has 1 rings (SSSR count). The van der Waals surface area contributed by atoms with E-state index >= 15 is 0 Å². The molecule has 0 saturated carbocycles. The highest BCUT2D eigenvalue weighted by atomic mass is 16.7. The Balaban J connectivity index is 2.19. The number of aliphatic hydroxyl groups excluding tert-OH is 7. The zero-order valence-corrected chi connectivity index (χ0v) is 44.1. The van der Waals surface area contributed by atoms with Gasteiger partial charge in [0.2, 0.25) is 5.91 Å². The number of unbranched alkanes of at least 4 members (excludes halogenated alkanes) is 36. The Morgan fingerprint density at radius 2 is 0.853 bits per heavy atom. The molecule has 0 radical (unpaired) electrons. The van der Waals surface area contributed by atoms with E-state index in [2.05, 4.69) is 31.3 Å². The van der Waals surface area contributed by atoms with Crippen LogP contribution in [0, 0.1) is 0 Å². The summed E-state index contributed by atoms with van der Waals surface area (Å²) < 4.78 is 11.1. The van der Waals surface area contributed by atoms with Gasteiger partial charge in [0.15, 0.2) is 6.29 Å². The van der Waals surface area contributed by atoms with E-state index in [0.717, 1.165) is 38.5 Å². The van der Waals surface area contributed by atoms with E-state index in [0.29, 0.717) is 19.3 Å². The number of nitrogens with one attached hydrogen (secondary N) is 1. The van der Waals surface area contributed by atoms with Crippen LogP contribution in [-0.4, -0.2) is 110 Å². The lowest BCUT2D eigenvalue weighted by atomic mass is 9.98. The third-order valence-corrected chi connectivity index (χ3v) is 14.3. The van der Waals surface area contributed by atoms with Crippen LogP contribution in [0.2, 0.25) is 0 Å². The molecule has 0 aromatic heterocycles. The maximum Gasteiger partial charge on any atom is 0.249 e. The average Bonchev–Trinajstić information content (AvgIpc) is 3.34. The van der Waals surface area contributed by atoms with Crippen molar-refractivity contribution >= 4 is 5.91 Å². The van der Waals surface area contributed by atoms with Crippen LogP contribution in [0.5, 0.6) is 0 Å². The monoisotopic (exact) mass is 970 g/mol. The maximum atomic E-state index is 13.1. The number of hydrogen-bond acceptors (Lipinski definition) is 10. The van der Waals surface area contributed by atoms with Crippen LogP contribution < -0.4 is 5.32 Å². The topological polar surface area (TPSA) is 189 Å². The van der Waals surface area contributed by atoms with Crippen molar-refractivity contribution < 1.29 is 50.0 Å². The molecule has 0 spiro atoms. The van der Waals surface area contributed by atoms with Crippen LogP contribution >= 0.6 is 0 Å². The molecule has 1 aliphatic heterocycles. The molecule has 9 atom stereocenters. The van der Waals surface area contributed by atoms with E-state index < -0.39 is 74.2 Å². The van der Waals surface area contributed by atoms with Crippen molar-refractivity contribution in [2.75, 3.05) is 13.2 Å². The Kier molecular flexibility index (Phi) is 44.7. The fourth-order valence-electron chi connectivity index (χ4n) is 9.56. The van der Waals surface area contributed by atoms with E-state index in [1.807, 2.05) is 0 Å². The molecule has 1 saturated heterocycles. The lowest BCUT2D eigenvalue weighted by Crippen LogP contribution is -2.60. The third-order valence-electron chi connectivity index (χ3n) is 14.3. The number of ether oxygens (including phenoxy) is 2. The van der Waals surface area contributed by atoms with Crippen molar-refractivity contribution in [2.24, 2.45) is 0 Å². The normalized spacial score (nSPS) is 20.5. The van der Waals surface area contributed by atoms with Gasteiger partial charge < -0.3 is 50.5 Å². The molecule has 1 aliphatic rings. The molecule has 9 unspecified atom stereocenters. The predicted molar refractivity (Wildman–Crippen MR) is 279 cm³/mol. The quantitative estimate of drug-likeness (QED) is 0.0215. The molecule has 0 aromatic rings. The van der Waals surface area contributed by atoms with E-state index in [1.165, 1.54) is 199 Å². The SMILES string of the molecule is CCCCCCCCCCCCCC/C=C\CCCCCCCCCCCCCCCCC(O)C(=O)NC(COC1OC(CO)C(O)C(O)C1O)C(O)C(O)CCCCCCCCCCCCC. The molecular formula is C57H111NO10. The summed E-state index contributed by atoms with van der Waals surface area (Å²) >= 11 is 0. The summed E-state index contributed by atoms with van der Waals surface area (Å²) in [4.78, 5) is 13.1. The summed E-state index contributed by atoms with van der Waals surface area (Å²) in [6, 6.07) is -1.16. The number of amides is 1. The van der Waals surface area contributed by atoms with Crippen LogP contribution in [0.15, 0.2) is 12.2 Å².